The molecule has 0 aliphatic heterocycles. The maximum absolute atomic E-state index is 11.6. The van der Waals surface area contributed by atoms with E-state index < -0.39 is 12.1 Å². The van der Waals surface area contributed by atoms with Crippen LogP contribution in [0.3, 0.4) is 0 Å². The summed E-state index contributed by atoms with van der Waals surface area (Å²) in [5, 5.41) is 2.48. The number of halogens is 1. The van der Waals surface area contributed by atoms with Crippen LogP contribution in [0.1, 0.15) is 25.3 Å². The van der Waals surface area contributed by atoms with Gasteiger partial charge < -0.3 is 10.1 Å². The van der Waals surface area contributed by atoms with Crippen molar-refractivity contribution >= 4 is 38.3 Å². The van der Waals surface area contributed by atoms with Crippen molar-refractivity contribution in [1.82, 2.24) is 5.32 Å². The molecule has 0 radical (unpaired) electrons. The van der Waals surface area contributed by atoms with E-state index in [-0.39, 0.29) is 29.0 Å². The zero-order valence-electron chi connectivity index (χ0n) is 11.1. The summed E-state index contributed by atoms with van der Waals surface area (Å²) >= 11 is 1.66. The first-order chi connectivity index (χ1) is 9.49. The Balaban J connectivity index is 2.41. The summed E-state index contributed by atoms with van der Waals surface area (Å²) < 4.78 is 4.98. The van der Waals surface area contributed by atoms with Crippen LogP contribution >= 0.6 is 22.6 Å². The number of alkyl carbamates (subject to hydrolysis) is 1. The van der Waals surface area contributed by atoms with Gasteiger partial charge in [0.25, 0.3) is 0 Å². The Kier molecular flexibility index (Phi) is 7.21. The third kappa shape index (κ3) is 6.65. The van der Waals surface area contributed by atoms with Gasteiger partial charge in [0.05, 0.1) is 6.04 Å². The Morgan fingerprint density at radius 3 is 2.45 bits per heavy atom. The Bertz CT molecular complexity index is 475. The van der Waals surface area contributed by atoms with Gasteiger partial charge >= 0.3 is 6.09 Å². The monoisotopic (exact) mass is 389 g/mol. The molecule has 0 heterocycles. The first kappa shape index (κ1) is 16.6. The van der Waals surface area contributed by atoms with Crippen molar-refractivity contribution in [2.24, 2.45) is 0 Å². The molecule has 108 valence electrons. The van der Waals surface area contributed by atoms with Crippen LogP contribution in [0.15, 0.2) is 30.3 Å². The van der Waals surface area contributed by atoms with E-state index in [2.05, 4.69) is 5.32 Å². The maximum atomic E-state index is 11.6. The molecule has 0 bridgehead atoms. The molecule has 1 atom stereocenters. The molecule has 5 nitrogen and oxygen atoms in total. The molecule has 0 fully saturated rings. The average Bonchev–Trinajstić information content (AvgIpc) is 2.41. The lowest BCUT2D eigenvalue weighted by atomic mass is 10.1. The molecule has 0 aliphatic rings. The number of rotatable bonds is 7. The van der Waals surface area contributed by atoms with Crippen LogP contribution < -0.4 is 5.32 Å². The highest BCUT2D eigenvalue weighted by Crippen LogP contribution is 2.05. The Hall–Kier alpha value is -1.44. The summed E-state index contributed by atoms with van der Waals surface area (Å²) in [6.07, 6.45) is -0.128. The van der Waals surface area contributed by atoms with Gasteiger partial charge in [0.1, 0.15) is 6.61 Å². The lowest BCUT2D eigenvalue weighted by Gasteiger charge is -2.15. The first-order valence-electron chi connectivity index (χ1n) is 6.15. The zero-order chi connectivity index (χ0) is 15.0. The fourth-order valence-electron chi connectivity index (χ4n) is 1.54. The third-order valence-corrected chi connectivity index (χ3v) is 3.16. The number of hydrogen-bond donors (Lipinski definition) is 1. The van der Waals surface area contributed by atoms with Gasteiger partial charge in [0, 0.05) is 6.42 Å². The van der Waals surface area contributed by atoms with Crippen molar-refractivity contribution in [3.05, 3.63) is 35.9 Å². The second-order valence-electron chi connectivity index (χ2n) is 4.26. The topological polar surface area (TPSA) is 72.5 Å². The second kappa shape index (κ2) is 8.68. The van der Waals surface area contributed by atoms with Gasteiger partial charge in [-0.05, 0) is 41.5 Å². The first-order valence-corrected chi connectivity index (χ1v) is 7.23. The van der Waals surface area contributed by atoms with Gasteiger partial charge in [-0.1, -0.05) is 30.3 Å². The van der Waals surface area contributed by atoms with E-state index in [1.165, 1.54) is 6.92 Å². The SMILES string of the molecule is CC(=O)[C@H](CCC(=O)I)NC(=O)OCc1ccccc1. The van der Waals surface area contributed by atoms with E-state index in [1.54, 1.807) is 22.6 Å². The van der Waals surface area contributed by atoms with E-state index in [0.717, 1.165) is 5.56 Å². The lowest BCUT2D eigenvalue weighted by Crippen LogP contribution is -2.40. The van der Waals surface area contributed by atoms with Crippen LogP contribution in [-0.4, -0.2) is 21.7 Å². The van der Waals surface area contributed by atoms with Crippen molar-refractivity contribution in [2.45, 2.75) is 32.4 Å². The van der Waals surface area contributed by atoms with Gasteiger partial charge in [0.2, 0.25) is 0 Å². The van der Waals surface area contributed by atoms with Gasteiger partial charge in [-0.2, -0.15) is 0 Å². The number of amides is 1. The summed E-state index contributed by atoms with van der Waals surface area (Å²) in [6.45, 7) is 1.52. The number of ether oxygens (including phenoxy) is 1. The quantitative estimate of drug-likeness (QED) is 0.575. The molecule has 0 aromatic heterocycles. The van der Waals surface area contributed by atoms with Crippen LogP contribution in [0.4, 0.5) is 4.79 Å². The molecule has 1 amide bonds. The smallest absolute Gasteiger partial charge is 0.408 e. The lowest BCUT2D eigenvalue weighted by molar-refractivity contribution is -0.119. The van der Waals surface area contributed by atoms with Crippen LogP contribution in [-0.2, 0) is 20.9 Å². The van der Waals surface area contributed by atoms with Crippen LogP contribution in [0.5, 0.6) is 0 Å². The summed E-state index contributed by atoms with van der Waals surface area (Å²) in [7, 11) is 0. The van der Waals surface area contributed by atoms with E-state index in [1.807, 2.05) is 30.3 Å². The predicted octanol–water partition coefficient (Wildman–Crippen LogP) is 2.61. The summed E-state index contributed by atoms with van der Waals surface area (Å²) in [6, 6.07) is 8.56. The largest absolute Gasteiger partial charge is 0.445 e. The molecule has 6 heteroatoms. The van der Waals surface area contributed by atoms with Gasteiger partial charge in [-0.25, -0.2) is 4.79 Å². The molecule has 0 saturated carbocycles. The van der Waals surface area contributed by atoms with Crippen LogP contribution in [0.25, 0.3) is 0 Å². The standard InChI is InChI=1S/C14H16INO4/c1-10(17)12(7-8-13(15)18)16-14(19)20-9-11-5-3-2-4-6-11/h2-6,12H,7-9H2,1H3,(H,16,19)/t12-/m0/s1. The highest BCUT2D eigenvalue weighted by Gasteiger charge is 2.18. The van der Waals surface area contributed by atoms with Gasteiger partial charge in [-0.15, -0.1) is 0 Å². The summed E-state index contributed by atoms with van der Waals surface area (Å²) in [5.74, 6) is -0.195. The Morgan fingerprint density at radius 1 is 1.25 bits per heavy atom. The zero-order valence-corrected chi connectivity index (χ0v) is 13.3. The predicted molar refractivity (Wildman–Crippen MR) is 82.5 cm³/mol. The summed E-state index contributed by atoms with van der Waals surface area (Å²) in [5.41, 5.74) is 0.865. The summed E-state index contributed by atoms with van der Waals surface area (Å²) in [4.78, 5) is 33.9. The van der Waals surface area contributed by atoms with E-state index >= 15 is 0 Å². The molecule has 1 rings (SSSR count). The fraction of sp³-hybridized carbons (Fsp3) is 0.357. The molecule has 20 heavy (non-hydrogen) atoms. The van der Waals surface area contributed by atoms with Crippen LogP contribution in [0, 0.1) is 0 Å². The van der Waals surface area contributed by atoms with Crippen molar-refractivity contribution in [2.75, 3.05) is 0 Å². The highest BCUT2D eigenvalue weighted by molar-refractivity contribution is 14.1. The number of carbonyl (C=O) groups excluding carboxylic acids is 3. The average molecular weight is 389 g/mol. The minimum atomic E-state index is -0.683. The van der Waals surface area contributed by atoms with Gasteiger partial charge in [0.15, 0.2) is 9.57 Å². The molecule has 0 saturated heterocycles. The van der Waals surface area contributed by atoms with Crippen molar-refractivity contribution in [3.8, 4) is 0 Å². The van der Waals surface area contributed by atoms with Gasteiger partial charge in [-0.3, -0.25) is 9.59 Å². The minimum absolute atomic E-state index is 0.0479. The molecule has 0 aliphatic carbocycles. The molecule has 0 unspecified atom stereocenters. The Morgan fingerprint density at radius 2 is 1.90 bits per heavy atom. The number of benzene rings is 1. The number of carbonyl (C=O) groups is 3. The molecular formula is C14H16INO4. The minimum Gasteiger partial charge on any atom is -0.445 e. The second-order valence-corrected chi connectivity index (χ2v) is 5.47. The van der Waals surface area contributed by atoms with Crippen molar-refractivity contribution < 1.29 is 19.1 Å². The highest BCUT2D eigenvalue weighted by atomic mass is 127. The number of Topliss-reactive ketones (excluding diaryl/α,β-unsaturated/α-hetero) is 1. The van der Waals surface area contributed by atoms with Crippen LogP contribution in [0.2, 0.25) is 0 Å². The Labute approximate surface area is 131 Å². The fourth-order valence-corrected chi connectivity index (χ4v) is 1.85. The third-order valence-electron chi connectivity index (χ3n) is 2.63. The normalized spacial score (nSPS) is 11.5. The molecule has 0 spiro atoms. The van der Waals surface area contributed by atoms with Crippen molar-refractivity contribution in [1.29, 1.82) is 0 Å². The molecule has 1 N–H and O–H groups in total. The van der Waals surface area contributed by atoms with Crippen molar-refractivity contribution in [3.63, 3.8) is 0 Å². The van der Waals surface area contributed by atoms with E-state index in [0.29, 0.717) is 0 Å². The van der Waals surface area contributed by atoms with E-state index in [4.69, 9.17) is 4.74 Å². The maximum Gasteiger partial charge on any atom is 0.408 e. The molecular weight excluding hydrogens is 373 g/mol. The molecule has 1 aromatic rings. The van der Waals surface area contributed by atoms with E-state index in [9.17, 15) is 14.4 Å². The number of nitrogens with one attached hydrogen (secondary N) is 1. The number of ketones is 1. The molecule has 1 aromatic carbocycles. The number of hydrogen-bond acceptors (Lipinski definition) is 4.